The zero-order valence-electron chi connectivity index (χ0n) is 26.7. The quantitative estimate of drug-likeness (QED) is 0.187. The molecule has 0 N–H and O–H groups in total. The lowest BCUT2D eigenvalue weighted by atomic mass is 9.92. The van der Waals surface area contributed by atoms with Crippen LogP contribution in [0.1, 0.15) is 0 Å². The first-order chi connectivity index (χ1) is 24.8. The van der Waals surface area contributed by atoms with Gasteiger partial charge in [0.25, 0.3) is 0 Å². The smallest absolute Gasteiger partial charge is 0.164 e. The van der Waals surface area contributed by atoms with Gasteiger partial charge >= 0.3 is 0 Å². The standard InChI is InChI=1S/C45H27N3O2/c1-4-13-28(14-5-1)32-25-26-34(41-35-19-10-11-21-37(35)50-42(32)41)33-20-12-22-38-40(33)36-24-23-31(27-39(36)49-38)45-47-43(29-15-6-2-7-16-29)46-44(48-45)30-17-8-3-9-18-30/h1-27H. The first-order valence-electron chi connectivity index (χ1n) is 16.6. The molecule has 0 saturated carbocycles. The van der Waals surface area contributed by atoms with E-state index in [1.165, 1.54) is 0 Å². The van der Waals surface area contributed by atoms with Gasteiger partial charge in [0.1, 0.15) is 22.3 Å². The van der Waals surface area contributed by atoms with Gasteiger partial charge in [-0.3, -0.25) is 0 Å². The molecule has 10 rings (SSSR count). The molecular weight excluding hydrogens is 615 g/mol. The molecule has 50 heavy (non-hydrogen) atoms. The van der Waals surface area contributed by atoms with E-state index in [2.05, 4.69) is 72.8 Å². The Hall–Kier alpha value is -6.85. The van der Waals surface area contributed by atoms with Crippen molar-refractivity contribution in [1.29, 1.82) is 0 Å². The zero-order chi connectivity index (χ0) is 33.0. The molecule has 5 heteroatoms. The van der Waals surface area contributed by atoms with E-state index >= 15 is 0 Å². The molecule has 234 valence electrons. The Kier molecular flexibility index (Phi) is 6.42. The van der Waals surface area contributed by atoms with Crippen molar-refractivity contribution in [3.05, 3.63) is 164 Å². The highest BCUT2D eigenvalue weighted by Gasteiger charge is 2.21. The van der Waals surface area contributed by atoms with Crippen molar-refractivity contribution in [2.45, 2.75) is 0 Å². The Morgan fingerprint density at radius 2 is 0.860 bits per heavy atom. The highest BCUT2D eigenvalue weighted by Crippen LogP contribution is 2.45. The fourth-order valence-corrected chi connectivity index (χ4v) is 7.02. The Morgan fingerprint density at radius 3 is 1.56 bits per heavy atom. The van der Waals surface area contributed by atoms with Crippen molar-refractivity contribution in [3.8, 4) is 56.4 Å². The number of aromatic nitrogens is 3. The van der Waals surface area contributed by atoms with Crippen LogP contribution in [0.25, 0.3) is 100 Å². The highest BCUT2D eigenvalue weighted by atomic mass is 16.3. The Morgan fingerprint density at radius 1 is 0.320 bits per heavy atom. The van der Waals surface area contributed by atoms with Crippen LogP contribution < -0.4 is 0 Å². The van der Waals surface area contributed by atoms with Crippen LogP contribution in [0.4, 0.5) is 0 Å². The number of rotatable bonds is 5. The van der Waals surface area contributed by atoms with E-state index in [1.54, 1.807) is 0 Å². The van der Waals surface area contributed by atoms with Gasteiger partial charge in [-0.25, -0.2) is 15.0 Å². The van der Waals surface area contributed by atoms with E-state index in [0.29, 0.717) is 17.5 Å². The van der Waals surface area contributed by atoms with E-state index in [9.17, 15) is 0 Å². The van der Waals surface area contributed by atoms with E-state index < -0.39 is 0 Å². The highest BCUT2D eigenvalue weighted by molar-refractivity contribution is 6.21. The lowest BCUT2D eigenvalue weighted by Crippen LogP contribution is -2.00. The molecular formula is C45H27N3O2. The van der Waals surface area contributed by atoms with Crippen LogP contribution in [0.3, 0.4) is 0 Å². The molecule has 3 heterocycles. The molecule has 0 aliphatic rings. The van der Waals surface area contributed by atoms with Crippen LogP contribution >= 0.6 is 0 Å². The predicted molar refractivity (Wildman–Crippen MR) is 202 cm³/mol. The van der Waals surface area contributed by atoms with Crippen LogP contribution in [-0.4, -0.2) is 15.0 Å². The van der Waals surface area contributed by atoms with Crippen molar-refractivity contribution >= 4 is 43.9 Å². The lowest BCUT2D eigenvalue weighted by molar-refractivity contribution is 0.669. The minimum atomic E-state index is 0.586. The summed E-state index contributed by atoms with van der Waals surface area (Å²) in [5, 5.41) is 4.25. The van der Waals surface area contributed by atoms with E-state index in [1.807, 2.05) is 91.0 Å². The van der Waals surface area contributed by atoms with Crippen LogP contribution in [0, 0.1) is 0 Å². The average Bonchev–Trinajstić information content (AvgIpc) is 3.77. The Balaban J connectivity index is 1.17. The van der Waals surface area contributed by atoms with Crippen molar-refractivity contribution in [3.63, 3.8) is 0 Å². The Bertz CT molecular complexity index is 2800. The third kappa shape index (κ3) is 4.60. The molecule has 0 radical (unpaired) electrons. The molecule has 0 amide bonds. The number of nitrogens with zero attached hydrogens (tertiary/aromatic N) is 3. The molecule has 0 aliphatic heterocycles. The summed E-state index contributed by atoms with van der Waals surface area (Å²) in [5.41, 5.74) is 10.4. The normalized spacial score (nSPS) is 11.6. The molecule has 0 spiro atoms. The average molecular weight is 642 g/mol. The Labute approximate surface area is 287 Å². The third-order valence-corrected chi connectivity index (χ3v) is 9.36. The summed E-state index contributed by atoms with van der Waals surface area (Å²) in [6, 6.07) is 55.6. The minimum absolute atomic E-state index is 0.586. The monoisotopic (exact) mass is 641 g/mol. The largest absolute Gasteiger partial charge is 0.456 e. The van der Waals surface area contributed by atoms with Gasteiger partial charge in [0.15, 0.2) is 17.5 Å². The van der Waals surface area contributed by atoms with Crippen LogP contribution in [0.2, 0.25) is 0 Å². The van der Waals surface area contributed by atoms with Gasteiger partial charge < -0.3 is 8.83 Å². The molecule has 7 aromatic carbocycles. The summed E-state index contributed by atoms with van der Waals surface area (Å²) in [6.07, 6.45) is 0. The molecule has 0 saturated heterocycles. The summed E-state index contributed by atoms with van der Waals surface area (Å²) in [6.45, 7) is 0. The number of benzene rings is 7. The summed E-state index contributed by atoms with van der Waals surface area (Å²) >= 11 is 0. The molecule has 3 aromatic heterocycles. The second-order valence-electron chi connectivity index (χ2n) is 12.4. The molecule has 10 aromatic rings. The van der Waals surface area contributed by atoms with Crippen molar-refractivity contribution < 1.29 is 8.83 Å². The molecule has 5 nitrogen and oxygen atoms in total. The van der Waals surface area contributed by atoms with Crippen LogP contribution in [0.5, 0.6) is 0 Å². The summed E-state index contributed by atoms with van der Waals surface area (Å²) in [7, 11) is 0. The van der Waals surface area contributed by atoms with Gasteiger partial charge in [-0.15, -0.1) is 0 Å². The summed E-state index contributed by atoms with van der Waals surface area (Å²) in [5.74, 6) is 1.83. The number of para-hydroxylation sites is 1. The van der Waals surface area contributed by atoms with Gasteiger partial charge in [0, 0.05) is 43.8 Å². The minimum Gasteiger partial charge on any atom is -0.456 e. The van der Waals surface area contributed by atoms with Gasteiger partial charge in [-0.05, 0) is 47.0 Å². The zero-order valence-corrected chi connectivity index (χ0v) is 26.7. The topological polar surface area (TPSA) is 65.0 Å². The molecule has 0 fully saturated rings. The number of furan rings is 2. The first kappa shape index (κ1) is 28.2. The fraction of sp³-hybridized carbons (Fsp3) is 0. The lowest BCUT2D eigenvalue weighted by Gasteiger charge is -2.10. The maximum Gasteiger partial charge on any atom is 0.164 e. The SMILES string of the molecule is c1ccc(-c2nc(-c3ccccc3)nc(-c3ccc4c(c3)oc3cccc(-c5ccc(-c6ccccc6)c6oc7ccccc7c56)c34)n2)cc1. The molecule has 0 unspecified atom stereocenters. The fourth-order valence-electron chi connectivity index (χ4n) is 7.02. The summed E-state index contributed by atoms with van der Waals surface area (Å²) < 4.78 is 13.2. The van der Waals surface area contributed by atoms with E-state index in [4.69, 9.17) is 23.8 Å². The maximum absolute atomic E-state index is 6.59. The first-order valence-corrected chi connectivity index (χ1v) is 16.6. The van der Waals surface area contributed by atoms with Crippen LogP contribution in [0.15, 0.2) is 173 Å². The number of fused-ring (bicyclic) bond motifs is 6. The maximum atomic E-state index is 6.59. The molecule has 0 atom stereocenters. The second kappa shape index (κ2) is 11.4. The van der Waals surface area contributed by atoms with Crippen molar-refractivity contribution in [2.24, 2.45) is 0 Å². The molecule has 0 aliphatic carbocycles. The van der Waals surface area contributed by atoms with Gasteiger partial charge in [0.05, 0.1) is 0 Å². The van der Waals surface area contributed by atoms with E-state index in [-0.39, 0.29) is 0 Å². The van der Waals surface area contributed by atoms with Gasteiger partial charge in [-0.1, -0.05) is 133 Å². The molecule has 0 bridgehead atoms. The van der Waals surface area contributed by atoms with Crippen molar-refractivity contribution in [2.75, 3.05) is 0 Å². The number of hydrogen-bond donors (Lipinski definition) is 0. The van der Waals surface area contributed by atoms with Crippen molar-refractivity contribution in [1.82, 2.24) is 15.0 Å². The van der Waals surface area contributed by atoms with Gasteiger partial charge in [-0.2, -0.15) is 0 Å². The van der Waals surface area contributed by atoms with E-state index in [0.717, 1.165) is 82.8 Å². The van der Waals surface area contributed by atoms with Gasteiger partial charge in [0.2, 0.25) is 0 Å². The number of hydrogen-bond acceptors (Lipinski definition) is 5. The summed E-state index contributed by atoms with van der Waals surface area (Å²) in [4.78, 5) is 14.7. The third-order valence-electron chi connectivity index (χ3n) is 9.36. The predicted octanol–water partition coefficient (Wildman–Crippen LogP) is 12.0. The second-order valence-corrected chi connectivity index (χ2v) is 12.4. The van der Waals surface area contributed by atoms with Crippen LogP contribution in [-0.2, 0) is 0 Å².